The molecule has 0 saturated heterocycles. The molecule has 0 aromatic carbocycles. The summed E-state index contributed by atoms with van der Waals surface area (Å²) in [4.78, 5) is 143. The predicted molar refractivity (Wildman–Crippen MR) is 145 cm³/mol. The Balaban J connectivity index is -0.0000000169. The first-order chi connectivity index (χ1) is 17.3. The monoisotopic (exact) mass is 900 g/mol. The van der Waals surface area contributed by atoms with Crippen LogP contribution in [0.4, 0.5) is 0 Å². The SMILES string of the molecule is O=[Si](O)O.O=[Si](O)O.O=[Si](O)O.O=[Si](O)O.O=[Si](O)O.O=[Si](O)O.O=[Si](O)O.O=[Si](O)O.O=[Si](O)O.O=[Si](O)O.[NaH].[NaH].[NaH].[NaH].[NaH]. The van der Waals surface area contributed by atoms with E-state index >= 15 is 0 Å². The molecule has 30 nitrogen and oxygen atoms in total. The molecule has 0 saturated carbocycles. The molecule has 250 valence electrons. The molecular weight excluding hydrogens is 876 g/mol. The van der Waals surface area contributed by atoms with Crippen LogP contribution in [0.1, 0.15) is 0 Å². The molecule has 0 aromatic heterocycles. The minimum atomic E-state index is -3.13. The third-order valence-corrected chi connectivity index (χ3v) is 0. The van der Waals surface area contributed by atoms with E-state index in [1.54, 1.807) is 0 Å². The van der Waals surface area contributed by atoms with E-state index in [9.17, 15) is 0 Å². The third kappa shape index (κ3) is 61600. The second kappa shape index (κ2) is 90.7. The Bertz CT molecular complexity index is 485. The zero-order chi connectivity index (χ0) is 35.8. The van der Waals surface area contributed by atoms with Gasteiger partial charge in [-0.25, -0.2) is 0 Å². The van der Waals surface area contributed by atoms with Crippen molar-refractivity contribution in [1.82, 2.24) is 0 Å². The summed E-state index contributed by atoms with van der Waals surface area (Å²) in [6.07, 6.45) is 0. The Morgan fingerprint density at radius 3 is 0.156 bits per heavy atom. The average molecular weight is 901 g/mol. The van der Waals surface area contributed by atoms with Gasteiger partial charge in [-0.05, 0) is 0 Å². The van der Waals surface area contributed by atoms with Gasteiger partial charge in [-0.1, -0.05) is 0 Å². The molecule has 0 bridgehead atoms. The Kier molecular flexibility index (Phi) is 195. The van der Waals surface area contributed by atoms with Crippen LogP contribution in [0.25, 0.3) is 0 Å². The van der Waals surface area contributed by atoms with E-state index in [-0.39, 0.29) is 148 Å². The summed E-state index contributed by atoms with van der Waals surface area (Å²) in [5.41, 5.74) is 0. The quantitative estimate of drug-likeness (QED) is 0.100. The van der Waals surface area contributed by atoms with Gasteiger partial charge >= 0.3 is 239 Å². The van der Waals surface area contributed by atoms with Crippen LogP contribution >= 0.6 is 0 Å². The molecule has 0 amide bonds. The van der Waals surface area contributed by atoms with Crippen LogP contribution in [0, 0.1) is 0 Å². The fraction of sp³-hybridized carbons (Fsp3) is 0. The molecule has 0 radical (unpaired) electrons. The van der Waals surface area contributed by atoms with Gasteiger partial charge in [0.2, 0.25) is 0 Å². The van der Waals surface area contributed by atoms with Crippen LogP contribution in [0.15, 0.2) is 0 Å². The maximum atomic E-state index is 8.74. The third-order valence-electron chi connectivity index (χ3n) is 0. The van der Waals surface area contributed by atoms with Crippen molar-refractivity contribution in [3.63, 3.8) is 0 Å². The van der Waals surface area contributed by atoms with Gasteiger partial charge in [-0.3, -0.25) is 44.6 Å². The standard InChI is InChI=1S/5Na.10H2O3Si.5H/c;;;;;10*1-4(2)3;;;;;/h;;;;;10*1-2H;;;;;. The first kappa shape index (κ1) is 97.0. The van der Waals surface area contributed by atoms with Crippen LogP contribution in [-0.4, -0.2) is 335 Å². The van der Waals surface area contributed by atoms with E-state index in [1.165, 1.54) is 0 Å². The van der Waals surface area contributed by atoms with Crippen molar-refractivity contribution < 1.29 is 141 Å². The molecule has 45 heavy (non-hydrogen) atoms. The molecule has 0 rings (SSSR count). The van der Waals surface area contributed by atoms with E-state index in [4.69, 9.17) is 141 Å². The number of rotatable bonds is 0. The van der Waals surface area contributed by atoms with Gasteiger partial charge in [0.25, 0.3) is 0 Å². The maximum absolute atomic E-state index is 8.74. The molecule has 0 aromatic rings. The first-order valence-electron chi connectivity index (χ1n) is 6.51. The Morgan fingerprint density at radius 2 is 0.156 bits per heavy atom. The predicted octanol–water partition coefficient (Wildman–Crippen LogP) is -19.4. The van der Waals surface area contributed by atoms with E-state index in [0.717, 1.165) is 0 Å². The van der Waals surface area contributed by atoms with Gasteiger partial charge in [-0.2, -0.15) is 0 Å². The summed E-state index contributed by atoms with van der Waals surface area (Å²) in [6, 6.07) is 0. The van der Waals surface area contributed by atoms with Gasteiger partial charge in [0, 0.05) is 0 Å². The van der Waals surface area contributed by atoms with Crippen molar-refractivity contribution in [3.05, 3.63) is 0 Å². The van der Waals surface area contributed by atoms with Crippen molar-refractivity contribution in [2.75, 3.05) is 0 Å². The Hall–Kier alpha value is 1.17. The molecular formula is H25Na5O30Si10. The van der Waals surface area contributed by atoms with Gasteiger partial charge in [0.1, 0.15) is 0 Å². The summed E-state index contributed by atoms with van der Waals surface area (Å²) >= 11 is 0. The van der Waals surface area contributed by atoms with Crippen LogP contribution in [0.2, 0.25) is 0 Å². The topological polar surface area (TPSA) is 575 Å². The zero-order valence-electron chi connectivity index (χ0n) is 18.0. The van der Waals surface area contributed by atoms with Gasteiger partial charge < -0.3 is 95.9 Å². The molecule has 20 N–H and O–H groups in total. The first-order valence-corrected chi connectivity index (χ1v) is 19.5. The molecule has 0 spiro atoms. The van der Waals surface area contributed by atoms with E-state index in [0.29, 0.717) is 0 Å². The number of hydrogen-bond acceptors (Lipinski definition) is 10. The molecule has 0 aliphatic carbocycles. The van der Waals surface area contributed by atoms with Crippen molar-refractivity contribution in [2.45, 2.75) is 0 Å². The fourth-order valence-corrected chi connectivity index (χ4v) is 0. The Morgan fingerprint density at radius 1 is 0.156 bits per heavy atom. The molecule has 0 heterocycles. The molecule has 0 fully saturated rings. The van der Waals surface area contributed by atoms with Gasteiger partial charge in [0.15, 0.2) is 0 Å². The molecule has 0 aliphatic rings. The summed E-state index contributed by atoms with van der Waals surface area (Å²) < 4.78 is 87.4. The zero-order valence-corrected chi connectivity index (χ0v) is 28.0. The molecule has 0 atom stereocenters. The van der Waals surface area contributed by atoms with E-state index in [2.05, 4.69) is 0 Å². The van der Waals surface area contributed by atoms with Crippen LogP contribution in [0.5, 0.6) is 0 Å². The number of hydrogen-bond donors (Lipinski definition) is 20. The Labute approximate surface area is 374 Å². The minimum absolute atomic E-state index is 0. The van der Waals surface area contributed by atoms with Crippen molar-refractivity contribution in [2.24, 2.45) is 0 Å². The van der Waals surface area contributed by atoms with E-state index < -0.39 is 91.7 Å². The molecule has 0 unspecified atom stereocenters. The van der Waals surface area contributed by atoms with Crippen LogP contribution < -0.4 is 0 Å². The van der Waals surface area contributed by atoms with Crippen molar-refractivity contribution >= 4 is 239 Å². The van der Waals surface area contributed by atoms with E-state index in [1.807, 2.05) is 0 Å². The van der Waals surface area contributed by atoms with Crippen LogP contribution in [-0.2, 0) is 44.6 Å². The summed E-state index contributed by atoms with van der Waals surface area (Å²) in [5.74, 6) is 0. The normalized spacial score (nSPS) is 5.33. The van der Waals surface area contributed by atoms with Crippen molar-refractivity contribution in [1.29, 1.82) is 0 Å². The summed E-state index contributed by atoms with van der Waals surface area (Å²) in [6.45, 7) is 0. The van der Waals surface area contributed by atoms with Crippen LogP contribution in [0.3, 0.4) is 0 Å². The molecule has 45 heteroatoms. The van der Waals surface area contributed by atoms with Gasteiger partial charge in [0.05, 0.1) is 0 Å². The second-order valence-corrected chi connectivity index (χ2v) is 8.48. The second-order valence-electron chi connectivity index (χ2n) is 2.83. The average Bonchev–Trinajstić information content (AvgIpc) is 2.47. The molecule has 0 aliphatic heterocycles. The van der Waals surface area contributed by atoms with Gasteiger partial charge in [-0.15, -0.1) is 0 Å². The summed E-state index contributed by atoms with van der Waals surface area (Å²) in [7, 11) is -31.3. The van der Waals surface area contributed by atoms with Crippen molar-refractivity contribution in [3.8, 4) is 0 Å². The summed E-state index contributed by atoms with van der Waals surface area (Å²) in [5, 5.41) is 0. The fourth-order valence-electron chi connectivity index (χ4n) is 0.